The SMILES string of the molecule is C[C@@H](Cc1cccc(CN(C(=O)O)C(C)(C)C)c1)Nc1nccc(N(C)c2cc(-c3ccccc3)c(=O)n(C)c2)n1. The van der Waals surface area contributed by atoms with Crippen molar-refractivity contribution in [1.82, 2.24) is 19.4 Å². The van der Waals surface area contributed by atoms with Crippen LogP contribution in [0.4, 0.5) is 22.2 Å². The maximum atomic E-state index is 12.8. The molecular weight excluding hydrogens is 516 g/mol. The van der Waals surface area contributed by atoms with E-state index >= 15 is 0 Å². The average Bonchev–Trinajstić information content (AvgIpc) is 2.92. The van der Waals surface area contributed by atoms with E-state index in [4.69, 9.17) is 4.98 Å². The lowest BCUT2D eigenvalue weighted by Crippen LogP contribution is -2.44. The molecule has 0 saturated heterocycles. The van der Waals surface area contributed by atoms with Crippen LogP contribution in [0.15, 0.2) is 83.9 Å². The van der Waals surface area contributed by atoms with Crippen LogP contribution in [-0.4, -0.2) is 49.3 Å². The first-order chi connectivity index (χ1) is 19.4. The number of hydrogen-bond acceptors (Lipinski definition) is 6. The van der Waals surface area contributed by atoms with Crippen LogP contribution in [0.25, 0.3) is 11.1 Å². The third kappa shape index (κ3) is 7.30. The van der Waals surface area contributed by atoms with Gasteiger partial charge < -0.3 is 19.9 Å². The standard InChI is InChI=1S/C32H38N6O3/c1-22(17-23-11-10-12-24(18-23)20-38(31(40)41)32(2,3)4)34-30-33-16-15-28(35-30)37(6)26-19-27(29(39)36(5)21-26)25-13-8-7-9-14-25/h7-16,18-19,21-22H,17,20H2,1-6H3,(H,40,41)(H,33,34,35)/t22-/m0/s1. The van der Waals surface area contributed by atoms with Crippen molar-refractivity contribution in [3.8, 4) is 11.1 Å². The third-order valence-electron chi connectivity index (χ3n) is 6.92. The monoisotopic (exact) mass is 554 g/mol. The molecular formula is C32H38N6O3. The molecule has 0 unspecified atom stereocenters. The summed E-state index contributed by atoms with van der Waals surface area (Å²) in [6, 6.07) is 21.4. The number of hydrogen-bond donors (Lipinski definition) is 2. The topological polar surface area (TPSA) is 104 Å². The lowest BCUT2D eigenvalue weighted by atomic mass is 10.0. The summed E-state index contributed by atoms with van der Waals surface area (Å²) in [5.74, 6) is 1.18. The molecule has 2 N–H and O–H groups in total. The summed E-state index contributed by atoms with van der Waals surface area (Å²) < 4.78 is 1.59. The van der Waals surface area contributed by atoms with Crippen molar-refractivity contribution in [1.29, 1.82) is 0 Å². The van der Waals surface area contributed by atoms with E-state index in [1.807, 2.05) is 93.4 Å². The Bertz CT molecular complexity index is 1560. The largest absolute Gasteiger partial charge is 0.465 e. The molecule has 0 aliphatic carbocycles. The van der Waals surface area contributed by atoms with Crippen LogP contribution >= 0.6 is 0 Å². The number of carboxylic acid groups (broad SMARTS) is 1. The molecule has 214 valence electrons. The number of rotatable bonds is 9. The number of nitrogens with zero attached hydrogens (tertiary/aromatic N) is 5. The first-order valence-corrected chi connectivity index (χ1v) is 13.6. The van der Waals surface area contributed by atoms with Crippen molar-refractivity contribution in [2.45, 2.75) is 52.2 Å². The van der Waals surface area contributed by atoms with Crippen molar-refractivity contribution in [2.24, 2.45) is 7.05 Å². The number of aryl methyl sites for hydroxylation is 1. The van der Waals surface area contributed by atoms with Gasteiger partial charge in [0.2, 0.25) is 5.95 Å². The smallest absolute Gasteiger partial charge is 0.408 e. The second kappa shape index (κ2) is 12.2. The molecule has 0 bridgehead atoms. The molecule has 0 radical (unpaired) electrons. The number of pyridine rings is 1. The van der Waals surface area contributed by atoms with Gasteiger partial charge in [-0.15, -0.1) is 0 Å². The molecule has 4 rings (SSSR count). The molecule has 2 aromatic carbocycles. The van der Waals surface area contributed by atoms with Gasteiger partial charge >= 0.3 is 6.09 Å². The summed E-state index contributed by atoms with van der Waals surface area (Å²) in [6.07, 6.45) is 3.28. The number of carbonyl (C=O) groups is 1. The van der Waals surface area contributed by atoms with Crippen molar-refractivity contribution in [3.05, 3.63) is 101 Å². The van der Waals surface area contributed by atoms with Gasteiger partial charge in [0.05, 0.1) is 5.69 Å². The summed E-state index contributed by atoms with van der Waals surface area (Å²) in [7, 11) is 3.66. The van der Waals surface area contributed by atoms with Crippen molar-refractivity contribution in [2.75, 3.05) is 17.3 Å². The maximum Gasteiger partial charge on any atom is 0.408 e. The molecule has 0 spiro atoms. The van der Waals surface area contributed by atoms with Crippen LogP contribution in [-0.2, 0) is 20.0 Å². The Morgan fingerprint density at radius 1 is 1.05 bits per heavy atom. The molecule has 4 aromatic rings. The normalized spacial score (nSPS) is 12.0. The van der Waals surface area contributed by atoms with Crippen LogP contribution in [0.3, 0.4) is 0 Å². The van der Waals surface area contributed by atoms with Gasteiger partial charge in [0.15, 0.2) is 0 Å². The molecule has 0 aliphatic rings. The molecule has 0 saturated carbocycles. The lowest BCUT2D eigenvalue weighted by molar-refractivity contribution is 0.0955. The number of benzene rings is 2. The fraction of sp³-hybridized carbons (Fsp3) is 0.312. The first kappa shape index (κ1) is 29.3. The van der Waals surface area contributed by atoms with E-state index in [-0.39, 0.29) is 11.6 Å². The predicted octanol–water partition coefficient (Wildman–Crippen LogP) is 5.93. The Morgan fingerprint density at radius 2 is 1.76 bits per heavy atom. The van der Waals surface area contributed by atoms with E-state index in [0.717, 1.165) is 22.4 Å². The maximum absolute atomic E-state index is 12.8. The van der Waals surface area contributed by atoms with Gasteiger partial charge in [0.1, 0.15) is 5.82 Å². The molecule has 1 atom stereocenters. The fourth-order valence-electron chi connectivity index (χ4n) is 4.69. The quantitative estimate of drug-likeness (QED) is 0.264. The van der Waals surface area contributed by atoms with Gasteiger partial charge in [-0.3, -0.25) is 9.69 Å². The Labute approximate surface area is 241 Å². The van der Waals surface area contributed by atoms with E-state index < -0.39 is 11.6 Å². The van der Waals surface area contributed by atoms with Gasteiger partial charge in [-0.05, 0) is 62.9 Å². The fourth-order valence-corrected chi connectivity index (χ4v) is 4.69. The Balaban J connectivity index is 1.48. The Hall–Kier alpha value is -4.66. The number of anilines is 3. The zero-order chi connectivity index (χ0) is 29.7. The minimum absolute atomic E-state index is 0.0197. The van der Waals surface area contributed by atoms with Gasteiger partial charge in [-0.2, -0.15) is 4.98 Å². The predicted molar refractivity (Wildman–Crippen MR) is 164 cm³/mol. The highest BCUT2D eigenvalue weighted by atomic mass is 16.4. The lowest BCUT2D eigenvalue weighted by Gasteiger charge is -2.33. The number of aromatic nitrogens is 3. The average molecular weight is 555 g/mol. The summed E-state index contributed by atoms with van der Waals surface area (Å²) >= 11 is 0. The van der Waals surface area contributed by atoms with Crippen LogP contribution < -0.4 is 15.8 Å². The van der Waals surface area contributed by atoms with E-state index in [2.05, 4.69) is 23.3 Å². The minimum Gasteiger partial charge on any atom is -0.465 e. The highest BCUT2D eigenvalue weighted by Gasteiger charge is 2.26. The third-order valence-corrected chi connectivity index (χ3v) is 6.92. The van der Waals surface area contributed by atoms with Crippen molar-refractivity contribution >= 4 is 23.5 Å². The Kier molecular flexibility index (Phi) is 8.76. The molecule has 2 aromatic heterocycles. The molecule has 9 heteroatoms. The van der Waals surface area contributed by atoms with Crippen molar-refractivity contribution < 1.29 is 9.90 Å². The number of amides is 1. The van der Waals surface area contributed by atoms with Crippen LogP contribution in [0.5, 0.6) is 0 Å². The molecule has 9 nitrogen and oxygen atoms in total. The second-order valence-electron chi connectivity index (χ2n) is 11.3. The second-order valence-corrected chi connectivity index (χ2v) is 11.3. The number of nitrogens with one attached hydrogen (secondary N) is 1. The Morgan fingerprint density at radius 3 is 2.44 bits per heavy atom. The van der Waals surface area contributed by atoms with E-state index in [9.17, 15) is 14.7 Å². The molecule has 0 aliphatic heterocycles. The van der Waals surface area contributed by atoms with E-state index in [1.54, 1.807) is 24.0 Å². The van der Waals surface area contributed by atoms with Gasteiger partial charge in [0, 0.05) is 50.2 Å². The summed E-state index contributed by atoms with van der Waals surface area (Å²) in [5, 5.41) is 13.0. The molecule has 41 heavy (non-hydrogen) atoms. The van der Waals surface area contributed by atoms with E-state index in [0.29, 0.717) is 30.3 Å². The zero-order valence-corrected chi connectivity index (χ0v) is 24.5. The summed E-state index contributed by atoms with van der Waals surface area (Å²) in [4.78, 5) is 37.1. The van der Waals surface area contributed by atoms with Gasteiger partial charge in [-0.1, -0.05) is 54.6 Å². The van der Waals surface area contributed by atoms with E-state index in [1.165, 1.54) is 4.90 Å². The first-order valence-electron chi connectivity index (χ1n) is 13.6. The molecule has 1 amide bonds. The van der Waals surface area contributed by atoms with Crippen LogP contribution in [0.2, 0.25) is 0 Å². The minimum atomic E-state index is -0.936. The molecule has 0 fully saturated rings. The summed E-state index contributed by atoms with van der Waals surface area (Å²) in [5.41, 5.74) is 3.78. The summed E-state index contributed by atoms with van der Waals surface area (Å²) in [6.45, 7) is 8.06. The van der Waals surface area contributed by atoms with Crippen molar-refractivity contribution in [3.63, 3.8) is 0 Å². The van der Waals surface area contributed by atoms with Crippen LogP contribution in [0, 0.1) is 0 Å². The molecule has 2 heterocycles. The van der Waals surface area contributed by atoms with Gasteiger partial charge in [-0.25, -0.2) is 9.78 Å². The highest BCUT2D eigenvalue weighted by molar-refractivity contribution is 5.70. The van der Waals surface area contributed by atoms with Gasteiger partial charge in [0.25, 0.3) is 5.56 Å². The zero-order valence-electron chi connectivity index (χ0n) is 24.5. The van der Waals surface area contributed by atoms with Crippen LogP contribution in [0.1, 0.15) is 38.8 Å². The highest BCUT2D eigenvalue weighted by Crippen LogP contribution is 2.26.